The van der Waals surface area contributed by atoms with E-state index in [1.54, 1.807) is 7.11 Å². The molecular formula is C7H15NOS. The van der Waals surface area contributed by atoms with Gasteiger partial charge in [0.15, 0.2) is 0 Å². The lowest BCUT2D eigenvalue weighted by Crippen LogP contribution is -2.32. The fraction of sp³-hybridized carbons (Fsp3) is 1.00. The Morgan fingerprint density at radius 1 is 1.70 bits per heavy atom. The summed E-state index contributed by atoms with van der Waals surface area (Å²) in [4.78, 5) is 0. The predicted molar refractivity (Wildman–Crippen MR) is 45.2 cm³/mol. The van der Waals surface area contributed by atoms with Crippen LogP contribution >= 0.6 is 12.8 Å². The Morgan fingerprint density at radius 2 is 2.40 bits per heavy atom. The molecule has 0 aliphatic carbocycles. The SMILES string of the molecule is COC(C)C1CCCN1S. The molecule has 1 saturated heterocycles. The molecule has 0 saturated carbocycles. The van der Waals surface area contributed by atoms with Crippen LogP contribution in [0.15, 0.2) is 0 Å². The molecule has 1 aliphatic rings. The third kappa shape index (κ3) is 1.65. The maximum absolute atomic E-state index is 5.21. The lowest BCUT2D eigenvalue weighted by atomic mass is 10.1. The van der Waals surface area contributed by atoms with Crippen molar-refractivity contribution in [2.45, 2.75) is 31.9 Å². The Kier molecular flexibility index (Phi) is 3.01. The molecule has 60 valence electrons. The maximum atomic E-state index is 5.21. The molecule has 1 aliphatic heterocycles. The maximum Gasteiger partial charge on any atom is 0.0707 e. The second kappa shape index (κ2) is 3.60. The molecule has 2 atom stereocenters. The molecular weight excluding hydrogens is 146 g/mol. The van der Waals surface area contributed by atoms with Gasteiger partial charge >= 0.3 is 0 Å². The van der Waals surface area contributed by atoms with E-state index in [4.69, 9.17) is 4.74 Å². The average Bonchev–Trinajstić information content (AvgIpc) is 2.34. The number of hydrogen-bond donors (Lipinski definition) is 1. The van der Waals surface area contributed by atoms with Crippen molar-refractivity contribution in [3.8, 4) is 0 Å². The molecule has 2 unspecified atom stereocenters. The van der Waals surface area contributed by atoms with Gasteiger partial charge in [0.1, 0.15) is 0 Å². The van der Waals surface area contributed by atoms with Crippen molar-refractivity contribution in [2.24, 2.45) is 0 Å². The zero-order valence-corrected chi connectivity index (χ0v) is 7.47. The highest BCUT2D eigenvalue weighted by molar-refractivity contribution is 7.77. The van der Waals surface area contributed by atoms with E-state index in [9.17, 15) is 0 Å². The molecule has 0 aromatic carbocycles. The molecule has 1 heterocycles. The first-order valence-electron chi connectivity index (χ1n) is 3.74. The van der Waals surface area contributed by atoms with E-state index in [1.165, 1.54) is 12.8 Å². The van der Waals surface area contributed by atoms with Crippen LogP contribution in [0.4, 0.5) is 0 Å². The third-order valence-electron chi connectivity index (χ3n) is 2.18. The van der Waals surface area contributed by atoms with Gasteiger partial charge in [-0.2, -0.15) is 0 Å². The van der Waals surface area contributed by atoms with Gasteiger partial charge in [-0.1, -0.05) is 12.8 Å². The number of methoxy groups -OCH3 is 1. The summed E-state index contributed by atoms with van der Waals surface area (Å²) in [7, 11) is 1.75. The Morgan fingerprint density at radius 3 is 2.80 bits per heavy atom. The van der Waals surface area contributed by atoms with Crippen LogP contribution in [0.3, 0.4) is 0 Å². The normalized spacial score (nSPS) is 30.9. The quantitative estimate of drug-likeness (QED) is 0.613. The number of rotatable bonds is 2. The lowest BCUT2D eigenvalue weighted by molar-refractivity contribution is 0.0715. The molecule has 0 N–H and O–H groups in total. The third-order valence-corrected chi connectivity index (χ3v) is 2.68. The van der Waals surface area contributed by atoms with Crippen molar-refractivity contribution in [1.82, 2.24) is 4.31 Å². The minimum atomic E-state index is 0.319. The summed E-state index contributed by atoms with van der Waals surface area (Å²) >= 11 is 4.33. The summed E-state index contributed by atoms with van der Waals surface area (Å²) in [6, 6.07) is 0.522. The van der Waals surface area contributed by atoms with Crippen LogP contribution in [0.2, 0.25) is 0 Å². The smallest absolute Gasteiger partial charge is 0.0707 e. The second-order valence-corrected chi connectivity index (χ2v) is 3.33. The summed E-state index contributed by atoms with van der Waals surface area (Å²) in [5.41, 5.74) is 0. The van der Waals surface area contributed by atoms with E-state index < -0.39 is 0 Å². The average molecular weight is 161 g/mol. The van der Waals surface area contributed by atoms with Gasteiger partial charge in [-0.05, 0) is 19.8 Å². The largest absolute Gasteiger partial charge is 0.380 e. The Hall–Kier alpha value is 0.270. The minimum absolute atomic E-state index is 0.319. The van der Waals surface area contributed by atoms with Crippen LogP contribution in [0, 0.1) is 0 Å². The molecule has 1 rings (SSSR count). The first-order chi connectivity index (χ1) is 4.75. The number of nitrogens with zero attached hydrogens (tertiary/aromatic N) is 1. The van der Waals surface area contributed by atoms with Crippen molar-refractivity contribution in [1.29, 1.82) is 0 Å². The fourth-order valence-corrected chi connectivity index (χ4v) is 1.86. The summed E-state index contributed by atoms with van der Waals surface area (Å²) in [5.74, 6) is 0. The van der Waals surface area contributed by atoms with Crippen LogP contribution in [0.25, 0.3) is 0 Å². The topological polar surface area (TPSA) is 12.5 Å². The molecule has 0 aromatic heterocycles. The summed E-state index contributed by atoms with van der Waals surface area (Å²) in [5, 5.41) is 0. The summed E-state index contributed by atoms with van der Waals surface area (Å²) < 4.78 is 7.29. The minimum Gasteiger partial charge on any atom is -0.380 e. The van der Waals surface area contributed by atoms with Crippen LogP contribution in [0.5, 0.6) is 0 Å². The van der Waals surface area contributed by atoms with Crippen molar-refractivity contribution >= 4 is 12.8 Å². The van der Waals surface area contributed by atoms with Gasteiger partial charge in [-0.15, -0.1) is 0 Å². The molecule has 2 nitrogen and oxygen atoms in total. The van der Waals surface area contributed by atoms with Crippen molar-refractivity contribution in [3.63, 3.8) is 0 Å². The molecule has 0 bridgehead atoms. The highest BCUT2D eigenvalue weighted by Gasteiger charge is 2.26. The van der Waals surface area contributed by atoms with Gasteiger partial charge in [-0.3, -0.25) is 0 Å². The van der Waals surface area contributed by atoms with E-state index in [0.29, 0.717) is 12.1 Å². The van der Waals surface area contributed by atoms with Gasteiger partial charge in [0.25, 0.3) is 0 Å². The van der Waals surface area contributed by atoms with Crippen molar-refractivity contribution in [3.05, 3.63) is 0 Å². The van der Waals surface area contributed by atoms with Gasteiger partial charge < -0.3 is 4.74 Å². The summed E-state index contributed by atoms with van der Waals surface area (Å²) in [6.45, 7) is 3.20. The molecule has 0 amide bonds. The number of hydrogen-bond acceptors (Lipinski definition) is 3. The van der Waals surface area contributed by atoms with E-state index in [0.717, 1.165) is 6.54 Å². The summed E-state index contributed by atoms with van der Waals surface area (Å²) in [6.07, 6.45) is 2.79. The van der Waals surface area contributed by atoms with Crippen LogP contribution in [-0.2, 0) is 4.74 Å². The Bertz CT molecular complexity index is 110. The molecule has 0 aromatic rings. The van der Waals surface area contributed by atoms with E-state index in [-0.39, 0.29) is 0 Å². The fourth-order valence-electron chi connectivity index (χ4n) is 1.41. The highest BCUT2D eigenvalue weighted by Crippen LogP contribution is 2.22. The van der Waals surface area contributed by atoms with Crippen LogP contribution in [-0.4, -0.2) is 30.1 Å². The zero-order valence-electron chi connectivity index (χ0n) is 6.58. The van der Waals surface area contributed by atoms with E-state index >= 15 is 0 Å². The molecule has 10 heavy (non-hydrogen) atoms. The zero-order chi connectivity index (χ0) is 7.56. The number of ether oxygens (including phenoxy) is 1. The molecule has 3 heteroatoms. The Labute approximate surface area is 68.1 Å². The first-order valence-corrected chi connectivity index (χ1v) is 4.14. The van der Waals surface area contributed by atoms with Crippen LogP contribution in [0.1, 0.15) is 19.8 Å². The van der Waals surface area contributed by atoms with Gasteiger partial charge in [0, 0.05) is 19.7 Å². The van der Waals surface area contributed by atoms with Crippen molar-refractivity contribution in [2.75, 3.05) is 13.7 Å². The monoisotopic (exact) mass is 161 g/mol. The molecule has 0 spiro atoms. The number of thiol groups is 1. The Balaban J connectivity index is 2.38. The van der Waals surface area contributed by atoms with Crippen LogP contribution < -0.4 is 0 Å². The van der Waals surface area contributed by atoms with Gasteiger partial charge in [-0.25, -0.2) is 4.31 Å². The van der Waals surface area contributed by atoms with Gasteiger partial charge in [0.2, 0.25) is 0 Å². The molecule has 0 radical (unpaired) electrons. The van der Waals surface area contributed by atoms with Crippen molar-refractivity contribution < 1.29 is 4.74 Å². The lowest BCUT2D eigenvalue weighted by Gasteiger charge is -2.23. The predicted octanol–water partition coefficient (Wildman–Crippen LogP) is 1.33. The van der Waals surface area contributed by atoms with Gasteiger partial charge in [0.05, 0.1) is 6.10 Å². The molecule has 1 fully saturated rings. The standard InChI is InChI=1S/C7H15NOS/c1-6(9-2)7-4-3-5-8(7)10/h6-7,10H,3-5H2,1-2H3. The first kappa shape index (κ1) is 8.37. The second-order valence-electron chi connectivity index (χ2n) is 2.81. The van der Waals surface area contributed by atoms with E-state index in [2.05, 4.69) is 24.0 Å². The highest BCUT2D eigenvalue weighted by atomic mass is 32.1. The van der Waals surface area contributed by atoms with E-state index in [1.807, 2.05) is 0 Å².